The van der Waals surface area contributed by atoms with E-state index in [0.29, 0.717) is 5.88 Å². The van der Waals surface area contributed by atoms with Crippen molar-refractivity contribution in [3.63, 3.8) is 0 Å². The number of hydrogen-bond acceptors (Lipinski definition) is 3. The predicted molar refractivity (Wildman–Crippen MR) is 70.4 cm³/mol. The minimum absolute atomic E-state index is 0.419. The second-order valence-corrected chi connectivity index (χ2v) is 4.68. The van der Waals surface area contributed by atoms with Crippen molar-refractivity contribution < 1.29 is 0 Å². The molecule has 4 nitrogen and oxygen atoms in total. The predicted octanol–water partition coefficient (Wildman–Crippen LogP) is 2.04. The van der Waals surface area contributed by atoms with Crippen LogP contribution in [-0.4, -0.2) is 40.1 Å². The molecular formula is C12H17ClN4. The van der Waals surface area contributed by atoms with Crippen LogP contribution in [-0.2, 0) is 12.4 Å². The van der Waals surface area contributed by atoms with Crippen LogP contribution in [0.1, 0.15) is 11.5 Å². The number of aryl methyl sites for hydroxylation is 1. The Hall–Kier alpha value is -1.13. The molecule has 0 aliphatic rings. The van der Waals surface area contributed by atoms with Crippen molar-refractivity contribution in [3.8, 4) is 0 Å². The van der Waals surface area contributed by atoms with Crippen molar-refractivity contribution >= 4 is 22.8 Å². The maximum Gasteiger partial charge on any atom is 0.160 e. The Morgan fingerprint density at radius 3 is 2.71 bits per heavy atom. The summed E-state index contributed by atoms with van der Waals surface area (Å²) in [5.41, 5.74) is 2.86. The number of likely N-dealkylation sites (N-methyl/N-ethyl adjacent to an activating group) is 1. The fourth-order valence-corrected chi connectivity index (χ4v) is 1.98. The number of pyridine rings is 1. The van der Waals surface area contributed by atoms with Gasteiger partial charge in [-0.15, -0.1) is 11.6 Å². The lowest BCUT2D eigenvalue weighted by atomic mass is 10.3. The van der Waals surface area contributed by atoms with Gasteiger partial charge in [0, 0.05) is 18.8 Å². The summed E-state index contributed by atoms with van der Waals surface area (Å²) in [7, 11) is 4.11. The van der Waals surface area contributed by atoms with E-state index in [4.69, 9.17) is 11.6 Å². The van der Waals surface area contributed by atoms with Gasteiger partial charge in [0.2, 0.25) is 0 Å². The molecule has 5 heteroatoms. The molecule has 0 aliphatic carbocycles. The van der Waals surface area contributed by atoms with Crippen LogP contribution in [0.4, 0.5) is 0 Å². The summed E-state index contributed by atoms with van der Waals surface area (Å²) < 4.78 is 2.11. The summed E-state index contributed by atoms with van der Waals surface area (Å²) in [4.78, 5) is 11.2. The molecule has 17 heavy (non-hydrogen) atoms. The van der Waals surface area contributed by atoms with Gasteiger partial charge < -0.3 is 9.47 Å². The molecule has 2 heterocycles. The molecule has 0 spiro atoms. The second-order valence-electron chi connectivity index (χ2n) is 4.41. The second kappa shape index (κ2) is 5.02. The smallest absolute Gasteiger partial charge is 0.160 e. The van der Waals surface area contributed by atoms with Crippen LogP contribution in [0, 0.1) is 6.92 Å². The standard InChI is InChI=1S/C12H17ClN4/c1-9-4-5-10-12(14-9)17(7-6-16(2)3)11(8-13)15-10/h4-5H,6-8H2,1-3H3. The van der Waals surface area contributed by atoms with Gasteiger partial charge in [-0.3, -0.25) is 0 Å². The Morgan fingerprint density at radius 1 is 1.29 bits per heavy atom. The van der Waals surface area contributed by atoms with Crippen LogP contribution in [0.5, 0.6) is 0 Å². The third-order valence-corrected chi connectivity index (χ3v) is 2.94. The molecule has 92 valence electrons. The van der Waals surface area contributed by atoms with E-state index in [2.05, 4.69) is 33.5 Å². The molecule has 0 amide bonds. The molecule has 0 aromatic carbocycles. The Bertz CT molecular complexity index is 518. The van der Waals surface area contributed by atoms with Crippen LogP contribution in [0.2, 0.25) is 0 Å². The third kappa shape index (κ3) is 2.58. The molecule has 0 saturated carbocycles. The first kappa shape index (κ1) is 12.3. The van der Waals surface area contributed by atoms with E-state index in [1.807, 2.05) is 19.1 Å². The highest BCUT2D eigenvalue weighted by atomic mass is 35.5. The number of hydrogen-bond donors (Lipinski definition) is 0. The van der Waals surface area contributed by atoms with Crippen LogP contribution >= 0.6 is 11.6 Å². The van der Waals surface area contributed by atoms with E-state index in [0.717, 1.165) is 35.8 Å². The summed E-state index contributed by atoms with van der Waals surface area (Å²) in [6.45, 7) is 3.80. The van der Waals surface area contributed by atoms with Gasteiger partial charge >= 0.3 is 0 Å². The fourth-order valence-electron chi connectivity index (χ4n) is 1.78. The van der Waals surface area contributed by atoms with Gasteiger partial charge in [0.25, 0.3) is 0 Å². The minimum atomic E-state index is 0.419. The quantitative estimate of drug-likeness (QED) is 0.781. The number of rotatable bonds is 4. The molecule has 0 atom stereocenters. The minimum Gasteiger partial charge on any atom is -0.310 e. The maximum atomic E-state index is 5.93. The first-order chi connectivity index (χ1) is 8.11. The van der Waals surface area contributed by atoms with E-state index >= 15 is 0 Å². The highest BCUT2D eigenvalue weighted by Gasteiger charge is 2.11. The monoisotopic (exact) mass is 252 g/mol. The van der Waals surface area contributed by atoms with Crippen molar-refractivity contribution in [2.45, 2.75) is 19.3 Å². The maximum absolute atomic E-state index is 5.93. The number of fused-ring (bicyclic) bond motifs is 1. The highest BCUT2D eigenvalue weighted by molar-refractivity contribution is 6.16. The van der Waals surface area contributed by atoms with Crippen molar-refractivity contribution in [1.29, 1.82) is 0 Å². The van der Waals surface area contributed by atoms with Crippen molar-refractivity contribution in [3.05, 3.63) is 23.7 Å². The third-order valence-electron chi connectivity index (χ3n) is 2.70. The van der Waals surface area contributed by atoms with Gasteiger partial charge in [0.1, 0.15) is 11.3 Å². The summed E-state index contributed by atoms with van der Waals surface area (Å²) >= 11 is 5.93. The number of nitrogens with zero attached hydrogens (tertiary/aromatic N) is 4. The molecule has 0 bridgehead atoms. The SMILES string of the molecule is Cc1ccc2nc(CCl)n(CCN(C)C)c2n1. The Labute approximate surface area is 106 Å². The van der Waals surface area contributed by atoms with Gasteiger partial charge in [-0.05, 0) is 33.2 Å². The Morgan fingerprint density at radius 2 is 2.06 bits per heavy atom. The molecule has 0 fully saturated rings. The van der Waals surface area contributed by atoms with Gasteiger partial charge in [-0.1, -0.05) is 0 Å². The fraction of sp³-hybridized carbons (Fsp3) is 0.500. The van der Waals surface area contributed by atoms with Gasteiger partial charge in [0.05, 0.1) is 5.88 Å². The Balaban J connectivity index is 2.45. The Kier molecular flexibility index (Phi) is 3.64. The molecule has 2 aromatic heterocycles. The number of aromatic nitrogens is 3. The van der Waals surface area contributed by atoms with E-state index in [9.17, 15) is 0 Å². The average molecular weight is 253 g/mol. The topological polar surface area (TPSA) is 34.0 Å². The molecule has 0 radical (unpaired) electrons. The van der Waals surface area contributed by atoms with Crippen molar-refractivity contribution in [1.82, 2.24) is 19.4 Å². The zero-order valence-corrected chi connectivity index (χ0v) is 11.2. The first-order valence-corrected chi connectivity index (χ1v) is 6.18. The summed E-state index contributed by atoms with van der Waals surface area (Å²) in [5, 5.41) is 0. The normalized spacial score (nSPS) is 11.6. The van der Waals surface area contributed by atoms with Gasteiger partial charge in [0.15, 0.2) is 5.65 Å². The summed E-state index contributed by atoms with van der Waals surface area (Å²) in [5.74, 6) is 1.31. The molecule has 2 rings (SSSR count). The number of alkyl halides is 1. The first-order valence-electron chi connectivity index (χ1n) is 5.65. The van der Waals surface area contributed by atoms with E-state index in [-0.39, 0.29) is 0 Å². The zero-order chi connectivity index (χ0) is 12.4. The van der Waals surface area contributed by atoms with E-state index in [1.54, 1.807) is 0 Å². The van der Waals surface area contributed by atoms with Crippen LogP contribution in [0.3, 0.4) is 0 Å². The molecule has 2 aromatic rings. The van der Waals surface area contributed by atoms with Gasteiger partial charge in [-0.25, -0.2) is 9.97 Å². The lowest BCUT2D eigenvalue weighted by Crippen LogP contribution is -2.19. The van der Waals surface area contributed by atoms with Crippen LogP contribution in [0.15, 0.2) is 12.1 Å². The molecule has 0 N–H and O–H groups in total. The largest absolute Gasteiger partial charge is 0.310 e. The van der Waals surface area contributed by atoms with Crippen molar-refractivity contribution in [2.24, 2.45) is 0 Å². The lowest BCUT2D eigenvalue weighted by Gasteiger charge is -2.12. The van der Waals surface area contributed by atoms with Crippen LogP contribution in [0.25, 0.3) is 11.2 Å². The summed E-state index contributed by atoms with van der Waals surface area (Å²) in [6.07, 6.45) is 0. The van der Waals surface area contributed by atoms with E-state index in [1.165, 1.54) is 0 Å². The van der Waals surface area contributed by atoms with Crippen LogP contribution < -0.4 is 0 Å². The molecular weight excluding hydrogens is 236 g/mol. The van der Waals surface area contributed by atoms with Crippen molar-refractivity contribution in [2.75, 3.05) is 20.6 Å². The average Bonchev–Trinajstić information content (AvgIpc) is 2.63. The molecule has 0 unspecified atom stereocenters. The number of imidazole rings is 1. The highest BCUT2D eigenvalue weighted by Crippen LogP contribution is 2.16. The van der Waals surface area contributed by atoms with Gasteiger partial charge in [-0.2, -0.15) is 0 Å². The lowest BCUT2D eigenvalue weighted by molar-refractivity contribution is 0.384. The zero-order valence-electron chi connectivity index (χ0n) is 10.4. The van der Waals surface area contributed by atoms with E-state index < -0.39 is 0 Å². The molecule has 0 aliphatic heterocycles. The molecule has 0 saturated heterocycles. The number of halogens is 1. The summed E-state index contributed by atoms with van der Waals surface area (Å²) in [6, 6.07) is 3.98.